The molecule has 7 atom stereocenters. The molecule has 3 heteroatoms. The fraction of sp³-hybridized carbons (Fsp3) is 0.704. The molecule has 162 valence electrons. The highest BCUT2D eigenvalue weighted by Crippen LogP contribution is 2.66. The number of hydrogen-bond donors (Lipinski definition) is 0. The Kier molecular flexibility index (Phi) is 5.07. The number of Topliss-reactive ketones (excluding diaryl/α,β-unsaturated/α-hetero) is 1. The molecule has 4 aliphatic rings. The van der Waals surface area contributed by atoms with Crippen LogP contribution in [0.4, 0.5) is 0 Å². The summed E-state index contributed by atoms with van der Waals surface area (Å²) in [5.41, 5.74) is 1.51. The number of rotatable bonds is 3. The summed E-state index contributed by atoms with van der Waals surface area (Å²) in [6.45, 7) is 4.90. The molecule has 4 aliphatic carbocycles. The van der Waals surface area contributed by atoms with E-state index >= 15 is 0 Å². The van der Waals surface area contributed by atoms with Crippen LogP contribution in [0.1, 0.15) is 77.2 Å². The topological polar surface area (TPSA) is 43.4 Å². The van der Waals surface area contributed by atoms with Crippen molar-refractivity contribution in [1.82, 2.24) is 0 Å². The van der Waals surface area contributed by atoms with Gasteiger partial charge >= 0.3 is 5.97 Å². The highest BCUT2D eigenvalue weighted by molar-refractivity contribution is 5.79. The van der Waals surface area contributed by atoms with Crippen LogP contribution >= 0.6 is 0 Å². The average molecular weight is 409 g/mol. The zero-order valence-electron chi connectivity index (χ0n) is 18.6. The van der Waals surface area contributed by atoms with Gasteiger partial charge in [-0.1, -0.05) is 44.2 Å². The summed E-state index contributed by atoms with van der Waals surface area (Å²) >= 11 is 0. The van der Waals surface area contributed by atoms with Gasteiger partial charge in [-0.05, 0) is 79.6 Å². The molecule has 0 heterocycles. The van der Waals surface area contributed by atoms with Crippen LogP contribution in [0.2, 0.25) is 0 Å². The van der Waals surface area contributed by atoms with Gasteiger partial charge in [0.25, 0.3) is 0 Å². The number of benzene rings is 1. The summed E-state index contributed by atoms with van der Waals surface area (Å²) in [7, 11) is 0. The number of ether oxygens (including phenoxy) is 1. The predicted octanol–water partition coefficient (Wildman–Crippen LogP) is 5.75. The predicted molar refractivity (Wildman–Crippen MR) is 117 cm³/mol. The van der Waals surface area contributed by atoms with Gasteiger partial charge in [-0.15, -0.1) is 0 Å². The number of carbonyl (C=O) groups excluding carboxylic acids is 2. The molecule has 4 fully saturated rings. The van der Waals surface area contributed by atoms with Crippen LogP contribution in [0, 0.1) is 34.5 Å². The van der Waals surface area contributed by atoms with Gasteiger partial charge in [0.15, 0.2) is 0 Å². The van der Waals surface area contributed by atoms with Crippen molar-refractivity contribution in [3.05, 3.63) is 35.9 Å². The first kappa shape index (κ1) is 20.3. The Bertz CT molecular complexity index is 817. The number of fused-ring (bicyclic) bond motifs is 5. The quantitative estimate of drug-likeness (QED) is 0.598. The van der Waals surface area contributed by atoms with E-state index < -0.39 is 0 Å². The summed E-state index contributed by atoms with van der Waals surface area (Å²) in [4.78, 5) is 24.8. The molecule has 0 bridgehead atoms. The molecule has 0 aliphatic heterocycles. The lowest BCUT2D eigenvalue weighted by molar-refractivity contribution is -0.163. The van der Waals surface area contributed by atoms with E-state index in [9.17, 15) is 9.59 Å². The minimum absolute atomic E-state index is 0.0677. The summed E-state index contributed by atoms with van der Waals surface area (Å²) in [6.07, 6.45) is 10.2. The van der Waals surface area contributed by atoms with Crippen molar-refractivity contribution in [3.8, 4) is 0 Å². The third kappa shape index (κ3) is 3.24. The molecule has 0 unspecified atom stereocenters. The fourth-order valence-corrected chi connectivity index (χ4v) is 8.15. The lowest BCUT2D eigenvalue weighted by Gasteiger charge is -2.60. The maximum atomic E-state index is 12.7. The Morgan fingerprint density at radius 2 is 1.73 bits per heavy atom. The Balaban J connectivity index is 1.29. The molecule has 0 N–H and O–H groups in total. The van der Waals surface area contributed by atoms with Gasteiger partial charge in [0.2, 0.25) is 0 Å². The molecule has 5 rings (SSSR count). The Morgan fingerprint density at radius 1 is 0.967 bits per heavy atom. The van der Waals surface area contributed by atoms with E-state index in [0.29, 0.717) is 29.5 Å². The Morgan fingerprint density at radius 3 is 2.53 bits per heavy atom. The van der Waals surface area contributed by atoms with Crippen molar-refractivity contribution in [2.45, 2.75) is 84.2 Å². The molecule has 0 radical (unpaired) electrons. The first-order chi connectivity index (χ1) is 14.4. The molecule has 4 saturated carbocycles. The molecule has 0 saturated heterocycles. The van der Waals surface area contributed by atoms with E-state index in [1.54, 1.807) is 0 Å². The monoisotopic (exact) mass is 408 g/mol. The highest BCUT2D eigenvalue weighted by Gasteiger charge is 2.61. The number of carbonyl (C=O) groups is 2. The van der Waals surface area contributed by atoms with Crippen LogP contribution in [0.15, 0.2) is 30.3 Å². The molecule has 0 amide bonds. The third-order valence-corrected chi connectivity index (χ3v) is 9.86. The first-order valence-corrected chi connectivity index (χ1v) is 12.2. The first-order valence-electron chi connectivity index (χ1n) is 12.2. The Labute approximate surface area is 181 Å². The highest BCUT2D eigenvalue weighted by atomic mass is 16.5. The molecule has 30 heavy (non-hydrogen) atoms. The zero-order valence-corrected chi connectivity index (χ0v) is 18.6. The lowest BCUT2D eigenvalue weighted by Crippen LogP contribution is -2.54. The molecule has 0 aromatic heterocycles. The van der Waals surface area contributed by atoms with E-state index in [4.69, 9.17) is 4.74 Å². The van der Waals surface area contributed by atoms with Crippen LogP contribution < -0.4 is 0 Å². The molecule has 1 aromatic carbocycles. The van der Waals surface area contributed by atoms with Crippen molar-refractivity contribution in [2.75, 3.05) is 0 Å². The zero-order chi connectivity index (χ0) is 20.9. The van der Waals surface area contributed by atoms with Gasteiger partial charge in [0.1, 0.15) is 11.9 Å². The standard InChI is InChI=1S/C27H36O3/c1-26-14-12-20(28)17-19(26)8-9-21-22-10-11-24(27(22,2)15-13-23(21)26)30-25(29)16-18-6-4-3-5-7-18/h3-7,19,21-24H,8-17H2,1-2H3/t19-,21-,22-,23-,24-,26-,27-/m0/s1. The van der Waals surface area contributed by atoms with Crippen LogP contribution in [0.25, 0.3) is 0 Å². The van der Waals surface area contributed by atoms with Crippen LogP contribution in [-0.2, 0) is 20.7 Å². The van der Waals surface area contributed by atoms with Crippen molar-refractivity contribution in [2.24, 2.45) is 34.5 Å². The molecular weight excluding hydrogens is 372 g/mol. The number of ketones is 1. The Hall–Kier alpha value is -1.64. The van der Waals surface area contributed by atoms with Gasteiger partial charge in [-0.25, -0.2) is 0 Å². The van der Waals surface area contributed by atoms with E-state index in [1.807, 2.05) is 30.3 Å². The van der Waals surface area contributed by atoms with Gasteiger partial charge in [0.05, 0.1) is 6.42 Å². The molecular formula is C27H36O3. The minimum Gasteiger partial charge on any atom is -0.462 e. The maximum absolute atomic E-state index is 12.7. The van der Waals surface area contributed by atoms with Crippen molar-refractivity contribution in [3.63, 3.8) is 0 Å². The van der Waals surface area contributed by atoms with Crippen molar-refractivity contribution >= 4 is 11.8 Å². The summed E-state index contributed by atoms with van der Waals surface area (Å²) in [5.74, 6) is 3.18. The van der Waals surface area contributed by atoms with Crippen molar-refractivity contribution in [1.29, 1.82) is 0 Å². The third-order valence-electron chi connectivity index (χ3n) is 9.86. The second kappa shape index (κ2) is 7.50. The van der Waals surface area contributed by atoms with Gasteiger partial charge < -0.3 is 4.74 Å². The van der Waals surface area contributed by atoms with Crippen LogP contribution in [0.3, 0.4) is 0 Å². The van der Waals surface area contributed by atoms with Crippen molar-refractivity contribution < 1.29 is 14.3 Å². The average Bonchev–Trinajstić information content (AvgIpc) is 3.05. The second-order valence-corrected chi connectivity index (χ2v) is 11.2. The summed E-state index contributed by atoms with van der Waals surface area (Å²) in [6, 6.07) is 9.94. The maximum Gasteiger partial charge on any atom is 0.310 e. The fourth-order valence-electron chi connectivity index (χ4n) is 8.15. The van der Waals surface area contributed by atoms with E-state index in [2.05, 4.69) is 13.8 Å². The largest absolute Gasteiger partial charge is 0.462 e. The van der Waals surface area contributed by atoms with Gasteiger partial charge in [-0.3, -0.25) is 9.59 Å². The summed E-state index contributed by atoms with van der Waals surface area (Å²) < 4.78 is 6.13. The normalized spacial score (nSPS) is 42.7. The van der Waals surface area contributed by atoms with Gasteiger partial charge in [0, 0.05) is 18.3 Å². The van der Waals surface area contributed by atoms with Crippen LogP contribution in [-0.4, -0.2) is 17.9 Å². The minimum atomic E-state index is -0.0725. The van der Waals surface area contributed by atoms with Gasteiger partial charge in [-0.2, -0.15) is 0 Å². The number of hydrogen-bond acceptors (Lipinski definition) is 3. The molecule has 0 spiro atoms. The second-order valence-electron chi connectivity index (χ2n) is 11.2. The summed E-state index contributed by atoms with van der Waals surface area (Å²) in [5, 5.41) is 0. The molecule has 3 nitrogen and oxygen atoms in total. The lowest BCUT2D eigenvalue weighted by atomic mass is 9.45. The smallest absolute Gasteiger partial charge is 0.310 e. The van der Waals surface area contributed by atoms with E-state index in [0.717, 1.165) is 43.1 Å². The SMILES string of the molecule is C[C@]12CCC(=O)C[C@@H]1CC[C@@H]1[C@@H]2CC[C@]2(C)[C@@H](OC(=O)Cc3ccccc3)CC[C@@H]12. The molecule has 1 aromatic rings. The van der Waals surface area contributed by atoms with E-state index in [1.165, 1.54) is 32.1 Å². The number of esters is 1. The van der Waals surface area contributed by atoms with E-state index in [-0.39, 0.29) is 17.5 Å². The van der Waals surface area contributed by atoms with Crippen LogP contribution in [0.5, 0.6) is 0 Å².